The van der Waals surface area contributed by atoms with Crippen LogP contribution in [0.2, 0.25) is 0 Å². The number of carbonyl (C=O) groups is 2. The van der Waals surface area contributed by atoms with E-state index in [1.54, 1.807) is 4.90 Å². The summed E-state index contributed by atoms with van der Waals surface area (Å²) in [5, 5.41) is 0. The van der Waals surface area contributed by atoms with Crippen LogP contribution in [0.3, 0.4) is 0 Å². The molecule has 4 heteroatoms. The van der Waals surface area contributed by atoms with Gasteiger partial charge in [-0.1, -0.05) is 84.9 Å². The van der Waals surface area contributed by atoms with E-state index in [1.807, 2.05) is 78.9 Å². The Labute approximate surface area is 170 Å². The fraction of sp³-hybridized carbons (Fsp3) is 0.200. The van der Waals surface area contributed by atoms with E-state index in [0.29, 0.717) is 13.1 Å². The summed E-state index contributed by atoms with van der Waals surface area (Å²) in [4.78, 5) is 27.4. The fourth-order valence-corrected chi connectivity index (χ4v) is 3.77. The minimum Gasteiger partial charge on any atom is -0.455 e. The number of benzene rings is 3. The van der Waals surface area contributed by atoms with Crippen molar-refractivity contribution in [1.29, 1.82) is 0 Å². The van der Waals surface area contributed by atoms with Gasteiger partial charge in [0.25, 0.3) is 5.91 Å². The zero-order chi connectivity index (χ0) is 20.1. The summed E-state index contributed by atoms with van der Waals surface area (Å²) >= 11 is 0. The number of hydrogen-bond donors (Lipinski definition) is 0. The maximum atomic E-state index is 12.9. The maximum Gasteiger partial charge on any atom is 0.318 e. The van der Waals surface area contributed by atoms with Crippen molar-refractivity contribution in [3.05, 3.63) is 107 Å². The van der Waals surface area contributed by atoms with E-state index in [4.69, 9.17) is 4.74 Å². The van der Waals surface area contributed by atoms with E-state index >= 15 is 0 Å². The minimum atomic E-state index is -0.549. The molecular weight excluding hydrogens is 362 g/mol. The summed E-state index contributed by atoms with van der Waals surface area (Å²) in [5.74, 6) is -1.12. The first-order valence-electron chi connectivity index (χ1n) is 9.83. The van der Waals surface area contributed by atoms with Crippen LogP contribution in [0.15, 0.2) is 84.9 Å². The van der Waals surface area contributed by atoms with E-state index in [2.05, 4.69) is 6.07 Å². The molecule has 4 nitrogen and oxygen atoms in total. The van der Waals surface area contributed by atoms with Gasteiger partial charge < -0.3 is 9.64 Å². The lowest BCUT2D eigenvalue weighted by molar-refractivity contribution is -0.153. The number of nitrogens with zero attached hydrogens (tertiary/aromatic N) is 1. The third-order valence-electron chi connectivity index (χ3n) is 5.32. The average molecular weight is 385 g/mol. The molecule has 3 aromatic carbocycles. The van der Waals surface area contributed by atoms with E-state index < -0.39 is 11.9 Å². The molecule has 4 rings (SSSR count). The molecule has 29 heavy (non-hydrogen) atoms. The molecule has 0 spiro atoms. The predicted octanol–water partition coefficient (Wildman–Crippen LogP) is 3.95. The Morgan fingerprint density at radius 3 is 1.97 bits per heavy atom. The van der Waals surface area contributed by atoms with Crippen molar-refractivity contribution < 1.29 is 14.3 Å². The van der Waals surface area contributed by atoms with Gasteiger partial charge in [0.05, 0.1) is 0 Å². The number of rotatable bonds is 5. The van der Waals surface area contributed by atoms with Gasteiger partial charge >= 0.3 is 5.97 Å². The minimum absolute atomic E-state index is 0.160. The van der Waals surface area contributed by atoms with E-state index in [9.17, 15) is 9.59 Å². The molecule has 0 radical (unpaired) electrons. The average Bonchev–Trinajstić information content (AvgIpc) is 2.79. The Kier molecular flexibility index (Phi) is 5.71. The van der Waals surface area contributed by atoms with E-state index in [-0.39, 0.29) is 12.5 Å². The van der Waals surface area contributed by atoms with Gasteiger partial charge in [0, 0.05) is 13.1 Å². The molecule has 0 saturated heterocycles. The molecule has 1 aliphatic rings. The van der Waals surface area contributed by atoms with Gasteiger partial charge in [-0.2, -0.15) is 0 Å². The van der Waals surface area contributed by atoms with Crippen LogP contribution in [0.5, 0.6) is 0 Å². The highest BCUT2D eigenvalue weighted by Gasteiger charge is 2.26. The second kappa shape index (κ2) is 8.74. The second-order valence-electron chi connectivity index (χ2n) is 7.20. The molecule has 0 unspecified atom stereocenters. The number of fused-ring (bicyclic) bond motifs is 1. The molecule has 1 amide bonds. The van der Waals surface area contributed by atoms with Gasteiger partial charge in [0.1, 0.15) is 5.92 Å². The van der Waals surface area contributed by atoms with Crippen molar-refractivity contribution in [2.75, 3.05) is 13.2 Å². The number of hydrogen-bond acceptors (Lipinski definition) is 3. The van der Waals surface area contributed by atoms with Crippen LogP contribution in [0, 0.1) is 0 Å². The highest BCUT2D eigenvalue weighted by Crippen LogP contribution is 2.26. The second-order valence-corrected chi connectivity index (χ2v) is 7.20. The Balaban J connectivity index is 1.44. The van der Waals surface area contributed by atoms with Crippen LogP contribution < -0.4 is 0 Å². The predicted molar refractivity (Wildman–Crippen MR) is 111 cm³/mol. The summed E-state index contributed by atoms with van der Waals surface area (Å²) in [7, 11) is 0. The highest BCUT2D eigenvalue weighted by molar-refractivity contribution is 5.85. The summed E-state index contributed by atoms with van der Waals surface area (Å²) in [6.07, 6.45) is 0.826. The summed E-state index contributed by atoms with van der Waals surface area (Å²) in [5.41, 5.74) is 4.14. The van der Waals surface area contributed by atoms with Gasteiger partial charge in [-0.3, -0.25) is 9.59 Å². The fourth-order valence-electron chi connectivity index (χ4n) is 3.77. The van der Waals surface area contributed by atoms with Crippen molar-refractivity contribution >= 4 is 11.9 Å². The SMILES string of the molecule is O=C(OCC(=O)N1CCc2ccccc2C1)C(c1ccccc1)c1ccccc1. The van der Waals surface area contributed by atoms with Gasteiger partial charge in [0.15, 0.2) is 6.61 Å². The third kappa shape index (κ3) is 4.37. The number of carbonyl (C=O) groups excluding carboxylic acids is 2. The molecule has 1 aliphatic heterocycles. The molecule has 146 valence electrons. The highest BCUT2D eigenvalue weighted by atomic mass is 16.5. The molecular formula is C25H23NO3. The van der Waals surface area contributed by atoms with Crippen LogP contribution in [0.4, 0.5) is 0 Å². The summed E-state index contributed by atoms with van der Waals surface area (Å²) < 4.78 is 5.49. The maximum absolute atomic E-state index is 12.9. The van der Waals surface area contributed by atoms with Gasteiger partial charge in [0.2, 0.25) is 0 Å². The molecule has 0 atom stereocenters. The van der Waals surface area contributed by atoms with Crippen LogP contribution in [0.1, 0.15) is 28.2 Å². The lowest BCUT2D eigenvalue weighted by Gasteiger charge is -2.29. The van der Waals surface area contributed by atoms with E-state index in [0.717, 1.165) is 23.1 Å². The van der Waals surface area contributed by atoms with Gasteiger partial charge in [-0.25, -0.2) is 0 Å². The van der Waals surface area contributed by atoms with Gasteiger partial charge in [-0.15, -0.1) is 0 Å². The monoisotopic (exact) mass is 385 g/mol. The first-order chi connectivity index (χ1) is 14.2. The van der Waals surface area contributed by atoms with Crippen molar-refractivity contribution in [2.24, 2.45) is 0 Å². The summed E-state index contributed by atoms with van der Waals surface area (Å²) in [6, 6.07) is 27.2. The van der Waals surface area contributed by atoms with Crippen LogP contribution in [-0.4, -0.2) is 29.9 Å². The molecule has 0 saturated carbocycles. The third-order valence-corrected chi connectivity index (χ3v) is 5.32. The van der Waals surface area contributed by atoms with Crippen molar-refractivity contribution in [3.8, 4) is 0 Å². The lowest BCUT2D eigenvalue weighted by atomic mass is 9.91. The van der Waals surface area contributed by atoms with E-state index in [1.165, 1.54) is 5.56 Å². The molecule has 0 N–H and O–H groups in total. The van der Waals surface area contributed by atoms with Crippen LogP contribution in [-0.2, 0) is 27.3 Å². The largest absolute Gasteiger partial charge is 0.455 e. The number of ether oxygens (including phenoxy) is 1. The molecule has 0 aromatic heterocycles. The Morgan fingerprint density at radius 1 is 0.793 bits per heavy atom. The molecule has 0 fully saturated rings. The Hall–Kier alpha value is -3.40. The Bertz CT molecular complexity index is 946. The quantitative estimate of drug-likeness (QED) is 0.625. The summed E-state index contributed by atoms with van der Waals surface area (Å²) in [6.45, 7) is 0.971. The van der Waals surface area contributed by atoms with Crippen molar-refractivity contribution in [2.45, 2.75) is 18.9 Å². The molecule has 0 bridgehead atoms. The standard InChI is InChI=1S/C25H23NO3/c27-23(26-16-15-19-9-7-8-14-22(19)17-26)18-29-25(28)24(20-10-3-1-4-11-20)21-12-5-2-6-13-21/h1-14,24H,15-18H2. The zero-order valence-corrected chi connectivity index (χ0v) is 16.2. The number of amides is 1. The number of esters is 1. The lowest BCUT2D eigenvalue weighted by Crippen LogP contribution is -2.39. The topological polar surface area (TPSA) is 46.6 Å². The van der Waals surface area contributed by atoms with Crippen LogP contribution >= 0.6 is 0 Å². The molecule has 0 aliphatic carbocycles. The Morgan fingerprint density at radius 2 is 1.34 bits per heavy atom. The van der Waals surface area contributed by atoms with Crippen LogP contribution in [0.25, 0.3) is 0 Å². The zero-order valence-electron chi connectivity index (χ0n) is 16.2. The van der Waals surface area contributed by atoms with Crippen molar-refractivity contribution in [1.82, 2.24) is 4.90 Å². The molecule has 1 heterocycles. The first kappa shape index (κ1) is 18.9. The first-order valence-corrected chi connectivity index (χ1v) is 9.83. The normalized spacial score (nSPS) is 13.1. The smallest absolute Gasteiger partial charge is 0.318 e. The molecule has 3 aromatic rings. The van der Waals surface area contributed by atoms with Gasteiger partial charge in [-0.05, 0) is 28.7 Å². The van der Waals surface area contributed by atoms with Crippen molar-refractivity contribution in [3.63, 3.8) is 0 Å².